The number of amides is 2. The maximum atomic E-state index is 12.5. The van der Waals surface area contributed by atoms with Gasteiger partial charge in [0, 0.05) is 24.5 Å². The van der Waals surface area contributed by atoms with Gasteiger partial charge >= 0.3 is 12.2 Å². The minimum Gasteiger partial charge on any atom is -0.308 e. The second kappa shape index (κ2) is 6.76. The van der Waals surface area contributed by atoms with E-state index >= 15 is 0 Å². The van der Waals surface area contributed by atoms with Crippen LogP contribution in [0, 0.1) is 0 Å². The van der Waals surface area contributed by atoms with Crippen LogP contribution in [0.2, 0.25) is 0 Å². The molecule has 7 heteroatoms. The summed E-state index contributed by atoms with van der Waals surface area (Å²) in [6.07, 6.45) is -3.42. The molecule has 2 aromatic carbocycles. The molecule has 0 unspecified atom stereocenters. The van der Waals surface area contributed by atoms with Crippen LogP contribution in [-0.4, -0.2) is 24.5 Å². The summed E-state index contributed by atoms with van der Waals surface area (Å²) < 4.78 is 37.6. The van der Waals surface area contributed by atoms with Gasteiger partial charge in [-0.2, -0.15) is 13.2 Å². The van der Waals surface area contributed by atoms with E-state index in [1.807, 2.05) is 25.2 Å². The minimum atomic E-state index is -4.39. The van der Waals surface area contributed by atoms with Crippen LogP contribution in [0.15, 0.2) is 42.5 Å². The first-order chi connectivity index (χ1) is 11.8. The second-order valence-electron chi connectivity index (χ2n) is 6.13. The van der Waals surface area contributed by atoms with Gasteiger partial charge in [0.15, 0.2) is 0 Å². The van der Waals surface area contributed by atoms with E-state index in [9.17, 15) is 18.0 Å². The molecule has 0 spiro atoms. The Balaban J connectivity index is 1.64. The Morgan fingerprint density at radius 2 is 1.64 bits per heavy atom. The van der Waals surface area contributed by atoms with E-state index in [4.69, 9.17) is 0 Å². The zero-order chi connectivity index (χ0) is 18.0. The Hall–Kier alpha value is -2.54. The molecule has 4 nitrogen and oxygen atoms in total. The Bertz CT molecular complexity index is 772. The minimum absolute atomic E-state index is 0.295. The summed E-state index contributed by atoms with van der Waals surface area (Å²) >= 11 is 0. The van der Waals surface area contributed by atoms with Crippen molar-refractivity contribution in [1.29, 1.82) is 0 Å². The molecule has 2 N–H and O–H groups in total. The fourth-order valence-electron chi connectivity index (χ4n) is 2.81. The third kappa shape index (κ3) is 4.30. The summed E-state index contributed by atoms with van der Waals surface area (Å²) in [4.78, 5) is 14.2. The molecule has 0 atom stereocenters. The van der Waals surface area contributed by atoms with Crippen LogP contribution in [0.1, 0.15) is 16.7 Å². The lowest BCUT2D eigenvalue weighted by molar-refractivity contribution is -0.137. The van der Waals surface area contributed by atoms with Crippen molar-refractivity contribution in [1.82, 2.24) is 4.90 Å². The van der Waals surface area contributed by atoms with Crippen molar-refractivity contribution in [3.05, 3.63) is 59.2 Å². The van der Waals surface area contributed by atoms with Crippen molar-refractivity contribution < 1.29 is 18.0 Å². The van der Waals surface area contributed by atoms with Gasteiger partial charge in [-0.3, -0.25) is 0 Å². The number of hydrogen-bond acceptors (Lipinski definition) is 2. The normalized spacial score (nSPS) is 14.7. The van der Waals surface area contributed by atoms with Gasteiger partial charge in [0.2, 0.25) is 0 Å². The SMILES string of the molecule is CN1CCc2ccc(NC(=O)Nc3ccc(C(F)(F)F)cc3)cc2C1. The molecule has 1 aliphatic rings. The van der Waals surface area contributed by atoms with E-state index in [1.54, 1.807) is 0 Å². The molecule has 2 aromatic rings. The monoisotopic (exact) mass is 349 g/mol. The van der Waals surface area contributed by atoms with Crippen LogP contribution >= 0.6 is 0 Å². The number of halogens is 3. The standard InChI is InChI=1S/C18H18F3N3O/c1-24-9-8-12-2-5-16(10-13(12)11-24)23-17(25)22-15-6-3-14(4-7-15)18(19,20)21/h2-7,10H,8-9,11H2,1H3,(H2,22,23,25). The average molecular weight is 349 g/mol. The predicted molar refractivity (Wildman–Crippen MR) is 90.6 cm³/mol. The zero-order valence-corrected chi connectivity index (χ0v) is 13.7. The van der Waals surface area contributed by atoms with Crippen LogP contribution < -0.4 is 10.6 Å². The molecule has 0 radical (unpaired) electrons. The first-order valence-corrected chi connectivity index (χ1v) is 7.87. The Labute approximate surface area is 143 Å². The summed E-state index contributed by atoms with van der Waals surface area (Å²) in [5.41, 5.74) is 2.63. The fourth-order valence-corrected chi connectivity index (χ4v) is 2.81. The predicted octanol–water partition coefficient (Wildman–Crippen LogP) is 4.34. The van der Waals surface area contributed by atoms with Crippen LogP contribution in [0.25, 0.3) is 0 Å². The number of benzene rings is 2. The van der Waals surface area contributed by atoms with Crippen molar-refractivity contribution in [2.24, 2.45) is 0 Å². The Morgan fingerprint density at radius 1 is 1.00 bits per heavy atom. The smallest absolute Gasteiger partial charge is 0.308 e. The van der Waals surface area contributed by atoms with Gasteiger partial charge in [-0.1, -0.05) is 6.07 Å². The van der Waals surface area contributed by atoms with E-state index in [1.165, 1.54) is 23.3 Å². The number of rotatable bonds is 2. The van der Waals surface area contributed by atoms with E-state index in [-0.39, 0.29) is 0 Å². The van der Waals surface area contributed by atoms with Crippen molar-refractivity contribution in [3.8, 4) is 0 Å². The second-order valence-corrected chi connectivity index (χ2v) is 6.13. The third-order valence-corrected chi connectivity index (χ3v) is 4.14. The molecule has 25 heavy (non-hydrogen) atoms. The van der Waals surface area contributed by atoms with Crippen molar-refractivity contribution >= 4 is 17.4 Å². The van der Waals surface area contributed by atoms with Gasteiger partial charge in [-0.05, 0) is 61.0 Å². The van der Waals surface area contributed by atoms with Crippen LogP contribution in [0.4, 0.5) is 29.3 Å². The van der Waals surface area contributed by atoms with E-state index in [2.05, 4.69) is 15.5 Å². The zero-order valence-electron chi connectivity index (χ0n) is 13.7. The Kier molecular flexibility index (Phi) is 4.67. The molecule has 0 fully saturated rings. The molecule has 1 heterocycles. The molecule has 0 saturated heterocycles. The first-order valence-electron chi connectivity index (χ1n) is 7.87. The van der Waals surface area contributed by atoms with Gasteiger partial charge in [0.05, 0.1) is 5.56 Å². The van der Waals surface area contributed by atoms with Crippen molar-refractivity contribution in [2.45, 2.75) is 19.1 Å². The summed E-state index contributed by atoms with van der Waals surface area (Å²) in [6, 6.07) is 9.58. The van der Waals surface area contributed by atoms with E-state index < -0.39 is 17.8 Å². The lowest BCUT2D eigenvalue weighted by Crippen LogP contribution is -2.26. The summed E-state index contributed by atoms with van der Waals surface area (Å²) in [5, 5.41) is 5.24. The number of fused-ring (bicyclic) bond motifs is 1. The highest BCUT2D eigenvalue weighted by Crippen LogP contribution is 2.30. The molecule has 0 aliphatic carbocycles. The number of carbonyl (C=O) groups excluding carboxylic acids is 1. The van der Waals surface area contributed by atoms with Crippen LogP contribution in [-0.2, 0) is 19.1 Å². The van der Waals surface area contributed by atoms with Gasteiger partial charge in [0.25, 0.3) is 0 Å². The Morgan fingerprint density at radius 3 is 2.32 bits per heavy atom. The molecule has 1 aliphatic heterocycles. The van der Waals surface area contributed by atoms with Gasteiger partial charge in [0.1, 0.15) is 0 Å². The fraction of sp³-hybridized carbons (Fsp3) is 0.278. The molecule has 0 aromatic heterocycles. The molecule has 132 valence electrons. The van der Waals surface area contributed by atoms with E-state index in [0.29, 0.717) is 11.4 Å². The highest BCUT2D eigenvalue weighted by molar-refractivity contribution is 5.99. The number of alkyl halides is 3. The number of likely N-dealkylation sites (N-methyl/N-ethyl adjacent to an activating group) is 1. The number of urea groups is 1. The van der Waals surface area contributed by atoms with Crippen LogP contribution in [0.3, 0.4) is 0 Å². The average Bonchev–Trinajstić information content (AvgIpc) is 2.54. The molecular weight excluding hydrogens is 331 g/mol. The quantitative estimate of drug-likeness (QED) is 0.847. The summed E-state index contributed by atoms with van der Waals surface area (Å²) in [5.74, 6) is 0. The maximum Gasteiger partial charge on any atom is 0.416 e. The molecule has 2 amide bonds. The third-order valence-electron chi connectivity index (χ3n) is 4.14. The highest BCUT2D eigenvalue weighted by Gasteiger charge is 2.30. The lowest BCUT2D eigenvalue weighted by atomic mass is 9.99. The number of anilines is 2. The molecular formula is C18H18F3N3O. The number of hydrogen-bond donors (Lipinski definition) is 2. The molecule has 3 rings (SSSR count). The van der Waals surface area contributed by atoms with Crippen molar-refractivity contribution in [3.63, 3.8) is 0 Å². The highest BCUT2D eigenvalue weighted by atomic mass is 19.4. The number of nitrogens with zero attached hydrogens (tertiary/aromatic N) is 1. The largest absolute Gasteiger partial charge is 0.416 e. The topological polar surface area (TPSA) is 44.4 Å². The molecule has 0 bridgehead atoms. The lowest BCUT2D eigenvalue weighted by Gasteiger charge is -2.25. The van der Waals surface area contributed by atoms with E-state index in [0.717, 1.165) is 31.6 Å². The summed E-state index contributed by atoms with van der Waals surface area (Å²) in [7, 11) is 2.04. The van der Waals surface area contributed by atoms with Gasteiger partial charge < -0.3 is 15.5 Å². The molecule has 0 saturated carbocycles. The maximum absolute atomic E-state index is 12.5. The van der Waals surface area contributed by atoms with Gasteiger partial charge in [-0.25, -0.2) is 4.79 Å². The van der Waals surface area contributed by atoms with Gasteiger partial charge in [-0.15, -0.1) is 0 Å². The van der Waals surface area contributed by atoms with Crippen LogP contribution in [0.5, 0.6) is 0 Å². The first kappa shape index (κ1) is 17.3. The van der Waals surface area contributed by atoms with Crippen molar-refractivity contribution in [2.75, 3.05) is 24.2 Å². The number of nitrogens with one attached hydrogen (secondary N) is 2. The number of carbonyl (C=O) groups is 1. The summed E-state index contributed by atoms with van der Waals surface area (Å²) in [6.45, 7) is 1.83.